The predicted octanol–water partition coefficient (Wildman–Crippen LogP) is 4.57. The minimum Gasteiger partial charge on any atom is -0.497 e. The lowest BCUT2D eigenvalue weighted by Crippen LogP contribution is -2.22. The molecule has 0 aliphatic heterocycles. The van der Waals surface area contributed by atoms with Crippen molar-refractivity contribution in [3.05, 3.63) is 65.7 Å². The molecule has 0 bridgehead atoms. The molecule has 2 aromatic carbocycles. The maximum absolute atomic E-state index is 5.20. The summed E-state index contributed by atoms with van der Waals surface area (Å²) < 4.78 is 5.20. The topological polar surface area (TPSA) is 21.3 Å². The summed E-state index contributed by atoms with van der Waals surface area (Å²) in [6.45, 7) is 5.41. The first-order valence-corrected chi connectivity index (χ1v) is 7.60. The summed E-state index contributed by atoms with van der Waals surface area (Å²) in [7, 11) is 1.70. The zero-order chi connectivity index (χ0) is 15.1. The van der Waals surface area contributed by atoms with Crippen LogP contribution in [0.2, 0.25) is 0 Å². The molecule has 1 atom stereocenters. The monoisotopic (exact) mass is 283 g/mol. The SMILES string of the molecule is COc1ccc(CNC(CC(C)C)c2ccccc2)cc1. The van der Waals surface area contributed by atoms with Crippen molar-refractivity contribution in [1.29, 1.82) is 0 Å². The van der Waals surface area contributed by atoms with Gasteiger partial charge < -0.3 is 10.1 Å². The fraction of sp³-hybridized carbons (Fsp3) is 0.368. The van der Waals surface area contributed by atoms with E-state index in [0.29, 0.717) is 12.0 Å². The van der Waals surface area contributed by atoms with Crippen LogP contribution in [0, 0.1) is 5.92 Å². The fourth-order valence-corrected chi connectivity index (χ4v) is 2.48. The Bertz CT molecular complexity index is 519. The molecule has 0 amide bonds. The van der Waals surface area contributed by atoms with E-state index in [-0.39, 0.29) is 0 Å². The number of nitrogens with one attached hydrogen (secondary N) is 1. The molecule has 2 nitrogen and oxygen atoms in total. The maximum atomic E-state index is 5.20. The Labute approximate surface area is 128 Å². The molecule has 0 radical (unpaired) electrons. The lowest BCUT2D eigenvalue weighted by molar-refractivity contribution is 0.413. The largest absolute Gasteiger partial charge is 0.497 e. The number of hydrogen-bond acceptors (Lipinski definition) is 2. The lowest BCUT2D eigenvalue weighted by Gasteiger charge is -2.21. The summed E-state index contributed by atoms with van der Waals surface area (Å²) in [5.74, 6) is 1.57. The Morgan fingerprint density at radius 1 is 0.952 bits per heavy atom. The third-order valence-corrected chi connectivity index (χ3v) is 3.62. The number of methoxy groups -OCH3 is 1. The first-order valence-electron chi connectivity index (χ1n) is 7.60. The van der Waals surface area contributed by atoms with Crippen LogP contribution in [-0.4, -0.2) is 7.11 Å². The lowest BCUT2D eigenvalue weighted by atomic mass is 9.97. The Hall–Kier alpha value is -1.80. The van der Waals surface area contributed by atoms with Crippen molar-refractivity contribution < 1.29 is 4.74 Å². The van der Waals surface area contributed by atoms with E-state index in [2.05, 4.69) is 61.6 Å². The van der Waals surface area contributed by atoms with E-state index in [1.165, 1.54) is 11.1 Å². The van der Waals surface area contributed by atoms with Gasteiger partial charge in [-0.25, -0.2) is 0 Å². The normalized spacial score (nSPS) is 12.4. The summed E-state index contributed by atoms with van der Waals surface area (Å²) in [5, 5.41) is 3.68. The summed E-state index contributed by atoms with van der Waals surface area (Å²) >= 11 is 0. The fourth-order valence-electron chi connectivity index (χ4n) is 2.48. The van der Waals surface area contributed by atoms with Crippen LogP contribution in [0.1, 0.15) is 37.4 Å². The minimum absolute atomic E-state index is 0.397. The summed E-state index contributed by atoms with van der Waals surface area (Å²) in [4.78, 5) is 0. The number of ether oxygens (including phenoxy) is 1. The van der Waals surface area contributed by atoms with Gasteiger partial charge in [-0.3, -0.25) is 0 Å². The van der Waals surface area contributed by atoms with Crippen molar-refractivity contribution in [2.24, 2.45) is 5.92 Å². The zero-order valence-electron chi connectivity index (χ0n) is 13.2. The van der Waals surface area contributed by atoms with Crippen LogP contribution < -0.4 is 10.1 Å². The van der Waals surface area contributed by atoms with Gasteiger partial charge in [0.05, 0.1) is 7.11 Å². The van der Waals surface area contributed by atoms with Crippen molar-refractivity contribution in [2.45, 2.75) is 32.9 Å². The van der Waals surface area contributed by atoms with Crippen LogP contribution in [0.25, 0.3) is 0 Å². The molecule has 0 spiro atoms. The Balaban J connectivity index is 2.01. The van der Waals surface area contributed by atoms with Gasteiger partial charge in [0.1, 0.15) is 5.75 Å². The number of hydrogen-bond donors (Lipinski definition) is 1. The molecule has 0 saturated heterocycles. The smallest absolute Gasteiger partial charge is 0.118 e. The molecule has 0 aliphatic rings. The zero-order valence-corrected chi connectivity index (χ0v) is 13.2. The van der Waals surface area contributed by atoms with Crippen molar-refractivity contribution in [3.8, 4) is 5.75 Å². The van der Waals surface area contributed by atoms with Gasteiger partial charge in [0.25, 0.3) is 0 Å². The van der Waals surface area contributed by atoms with Gasteiger partial charge in [-0.1, -0.05) is 56.3 Å². The van der Waals surface area contributed by atoms with Gasteiger partial charge in [0.2, 0.25) is 0 Å². The predicted molar refractivity (Wildman–Crippen MR) is 88.5 cm³/mol. The van der Waals surface area contributed by atoms with Gasteiger partial charge in [-0.2, -0.15) is 0 Å². The molecule has 2 heteroatoms. The molecule has 1 unspecified atom stereocenters. The second kappa shape index (κ2) is 7.84. The quantitative estimate of drug-likeness (QED) is 0.803. The van der Waals surface area contributed by atoms with Crippen LogP contribution in [0.3, 0.4) is 0 Å². The first-order chi connectivity index (χ1) is 10.2. The van der Waals surface area contributed by atoms with Crippen molar-refractivity contribution >= 4 is 0 Å². The summed E-state index contributed by atoms with van der Waals surface area (Å²) in [6.07, 6.45) is 1.14. The second-order valence-corrected chi connectivity index (χ2v) is 5.82. The molecular weight excluding hydrogens is 258 g/mol. The van der Waals surface area contributed by atoms with Crippen LogP contribution in [0.4, 0.5) is 0 Å². The summed E-state index contributed by atoms with van der Waals surface area (Å²) in [5.41, 5.74) is 2.64. The van der Waals surface area contributed by atoms with Crippen LogP contribution >= 0.6 is 0 Å². The highest BCUT2D eigenvalue weighted by Gasteiger charge is 2.12. The van der Waals surface area contributed by atoms with E-state index in [9.17, 15) is 0 Å². The highest BCUT2D eigenvalue weighted by Crippen LogP contribution is 2.22. The van der Waals surface area contributed by atoms with E-state index in [0.717, 1.165) is 18.7 Å². The van der Waals surface area contributed by atoms with Crippen molar-refractivity contribution in [1.82, 2.24) is 5.32 Å². The molecule has 0 aliphatic carbocycles. The van der Waals surface area contributed by atoms with E-state index in [1.54, 1.807) is 7.11 Å². The molecule has 0 saturated carbocycles. The molecule has 21 heavy (non-hydrogen) atoms. The average molecular weight is 283 g/mol. The van der Waals surface area contributed by atoms with Gasteiger partial charge in [0, 0.05) is 12.6 Å². The van der Waals surface area contributed by atoms with Gasteiger partial charge in [-0.15, -0.1) is 0 Å². The first kappa shape index (κ1) is 15.6. The van der Waals surface area contributed by atoms with Crippen LogP contribution in [0.5, 0.6) is 5.75 Å². The molecule has 112 valence electrons. The standard InChI is InChI=1S/C19H25NO/c1-15(2)13-19(17-7-5-4-6-8-17)20-14-16-9-11-18(21-3)12-10-16/h4-12,15,19-20H,13-14H2,1-3H3. The highest BCUT2D eigenvalue weighted by atomic mass is 16.5. The van der Waals surface area contributed by atoms with Gasteiger partial charge in [-0.05, 0) is 35.6 Å². The minimum atomic E-state index is 0.397. The molecule has 2 rings (SSSR count). The van der Waals surface area contributed by atoms with E-state index >= 15 is 0 Å². The van der Waals surface area contributed by atoms with Gasteiger partial charge in [0.15, 0.2) is 0 Å². The molecule has 0 heterocycles. The van der Waals surface area contributed by atoms with Crippen LogP contribution in [0.15, 0.2) is 54.6 Å². The average Bonchev–Trinajstić information content (AvgIpc) is 2.52. The Morgan fingerprint density at radius 3 is 2.19 bits per heavy atom. The maximum Gasteiger partial charge on any atom is 0.118 e. The third kappa shape index (κ3) is 4.91. The van der Waals surface area contributed by atoms with Crippen molar-refractivity contribution in [3.63, 3.8) is 0 Å². The Morgan fingerprint density at radius 2 is 1.62 bits per heavy atom. The molecule has 0 fully saturated rings. The molecule has 0 aromatic heterocycles. The number of benzene rings is 2. The molecule has 1 N–H and O–H groups in total. The van der Waals surface area contributed by atoms with Crippen LogP contribution in [-0.2, 0) is 6.54 Å². The third-order valence-electron chi connectivity index (χ3n) is 3.62. The molecule has 2 aromatic rings. The number of rotatable bonds is 7. The van der Waals surface area contributed by atoms with E-state index in [1.807, 2.05) is 12.1 Å². The Kier molecular flexibility index (Phi) is 5.82. The summed E-state index contributed by atoms with van der Waals surface area (Å²) in [6, 6.07) is 19.3. The highest BCUT2D eigenvalue weighted by molar-refractivity contribution is 5.27. The van der Waals surface area contributed by atoms with Gasteiger partial charge >= 0.3 is 0 Å². The second-order valence-electron chi connectivity index (χ2n) is 5.82. The van der Waals surface area contributed by atoms with E-state index < -0.39 is 0 Å². The molecular formula is C19H25NO. The van der Waals surface area contributed by atoms with Crippen molar-refractivity contribution in [2.75, 3.05) is 7.11 Å². The van der Waals surface area contributed by atoms with E-state index in [4.69, 9.17) is 4.74 Å².